The fourth-order valence-electron chi connectivity index (χ4n) is 2.37. The summed E-state index contributed by atoms with van der Waals surface area (Å²) >= 11 is 5.93. The lowest BCUT2D eigenvalue weighted by Crippen LogP contribution is -2.07. The van der Waals surface area contributed by atoms with Crippen LogP contribution < -0.4 is 15.2 Å². The summed E-state index contributed by atoms with van der Waals surface area (Å²) in [6.07, 6.45) is 1.86. The second-order valence-electron chi connectivity index (χ2n) is 4.82. The lowest BCUT2D eigenvalue weighted by atomic mass is 10.0. The maximum Gasteiger partial charge on any atom is 0.127 e. The van der Waals surface area contributed by atoms with E-state index in [0.717, 1.165) is 36.5 Å². The Morgan fingerprint density at radius 2 is 2.05 bits per heavy atom. The molecule has 0 radical (unpaired) electrons. The van der Waals surface area contributed by atoms with Gasteiger partial charge in [0.2, 0.25) is 0 Å². The van der Waals surface area contributed by atoms with E-state index in [1.165, 1.54) is 0 Å². The average molecular weight is 290 g/mol. The first-order valence-corrected chi connectivity index (χ1v) is 7.05. The lowest BCUT2D eigenvalue weighted by molar-refractivity contribution is 0.194. The summed E-state index contributed by atoms with van der Waals surface area (Å²) in [5, 5.41) is 0.543. The standard InChI is InChI=1S/C16H16ClNO2/c17-13-8-7-11(10-14(13)18)20-16-6-3-9-19-15-5-2-1-4-12(15)16/h1-2,4-5,7-8,10,16H,3,6,9,18H2. The number of hydrogen-bond donors (Lipinski definition) is 1. The van der Waals surface area contributed by atoms with E-state index in [4.69, 9.17) is 26.8 Å². The molecule has 1 unspecified atom stereocenters. The van der Waals surface area contributed by atoms with Crippen LogP contribution in [0.5, 0.6) is 11.5 Å². The van der Waals surface area contributed by atoms with Crippen LogP contribution >= 0.6 is 11.6 Å². The Labute approximate surface area is 123 Å². The summed E-state index contributed by atoms with van der Waals surface area (Å²) in [6, 6.07) is 13.4. The highest BCUT2D eigenvalue weighted by Crippen LogP contribution is 2.35. The fraction of sp³-hybridized carbons (Fsp3) is 0.250. The van der Waals surface area contributed by atoms with E-state index in [2.05, 4.69) is 0 Å². The summed E-state index contributed by atoms with van der Waals surface area (Å²) in [5.74, 6) is 1.63. The number of benzene rings is 2. The second-order valence-corrected chi connectivity index (χ2v) is 5.23. The molecular formula is C16H16ClNO2. The third-order valence-electron chi connectivity index (χ3n) is 3.38. The van der Waals surface area contributed by atoms with E-state index >= 15 is 0 Å². The van der Waals surface area contributed by atoms with E-state index in [1.807, 2.05) is 30.3 Å². The molecule has 2 aromatic carbocycles. The first kappa shape index (κ1) is 13.1. The van der Waals surface area contributed by atoms with Gasteiger partial charge in [-0.1, -0.05) is 29.8 Å². The first-order chi connectivity index (χ1) is 9.74. The smallest absolute Gasteiger partial charge is 0.127 e. The summed E-state index contributed by atoms with van der Waals surface area (Å²) in [5.41, 5.74) is 7.43. The quantitative estimate of drug-likeness (QED) is 0.842. The number of ether oxygens (including phenoxy) is 2. The van der Waals surface area contributed by atoms with Crippen molar-refractivity contribution in [3.63, 3.8) is 0 Å². The molecule has 1 aliphatic rings. The zero-order chi connectivity index (χ0) is 13.9. The molecule has 1 aliphatic heterocycles. The van der Waals surface area contributed by atoms with Gasteiger partial charge in [-0.05, 0) is 31.0 Å². The molecular weight excluding hydrogens is 274 g/mol. The van der Waals surface area contributed by atoms with Gasteiger partial charge in [0.05, 0.1) is 17.3 Å². The number of para-hydroxylation sites is 1. The SMILES string of the molecule is Nc1cc(OC2CCCOc3ccccc32)ccc1Cl. The van der Waals surface area contributed by atoms with Gasteiger partial charge in [0.15, 0.2) is 0 Å². The van der Waals surface area contributed by atoms with Crippen LogP contribution in [0.15, 0.2) is 42.5 Å². The summed E-state index contributed by atoms with van der Waals surface area (Å²) in [4.78, 5) is 0. The Kier molecular flexibility index (Phi) is 3.70. The number of nitrogens with two attached hydrogens (primary N) is 1. The van der Waals surface area contributed by atoms with Crippen molar-refractivity contribution in [2.24, 2.45) is 0 Å². The molecule has 0 amide bonds. The zero-order valence-corrected chi connectivity index (χ0v) is 11.8. The van der Waals surface area contributed by atoms with E-state index in [0.29, 0.717) is 10.7 Å². The molecule has 0 saturated heterocycles. The van der Waals surface area contributed by atoms with Gasteiger partial charge in [-0.15, -0.1) is 0 Å². The van der Waals surface area contributed by atoms with Gasteiger partial charge in [-0.25, -0.2) is 0 Å². The third-order valence-corrected chi connectivity index (χ3v) is 3.72. The van der Waals surface area contributed by atoms with Gasteiger partial charge in [0.25, 0.3) is 0 Å². The molecule has 0 bridgehead atoms. The highest BCUT2D eigenvalue weighted by molar-refractivity contribution is 6.33. The highest BCUT2D eigenvalue weighted by Gasteiger charge is 2.21. The molecule has 4 heteroatoms. The molecule has 0 saturated carbocycles. The van der Waals surface area contributed by atoms with E-state index in [9.17, 15) is 0 Å². The number of halogens is 1. The van der Waals surface area contributed by atoms with Crippen molar-refractivity contribution in [2.75, 3.05) is 12.3 Å². The number of hydrogen-bond acceptors (Lipinski definition) is 3. The molecule has 1 atom stereocenters. The molecule has 0 aromatic heterocycles. The van der Waals surface area contributed by atoms with Crippen LogP contribution in [0.4, 0.5) is 5.69 Å². The van der Waals surface area contributed by atoms with Crippen LogP contribution in [0.3, 0.4) is 0 Å². The Morgan fingerprint density at radius 3 is 2.90 bits per heavy atom. The van der Waals surface area contributed by atoms with Crippen molar-refractivity contribution >= 4 is 17.3 Å². The molecule has 0 spiro atoms. The number of nitrogen functional groups attached to an aromatic ring is 1. The average Bonchev–Trinajstić information content (AvgIpc) is 2.66. The van der Waals surface area contributed by atoms with Crippen molar-refractivity contribution in [2.45, 2.75) is 18.9 Å². The van der Waals surface area contributed by atoms with Crippen molar-refractivity contribution in [1.29, 1.82) is 0 Å². The lowest BCUT2D eigenvalue weighted by Gasteiger charge is -2.19. The Hall–Kier alpha value is -1.87. The van der Waals surface area contributed by atoms with Gasteiger partial charge >= 0.3 is 0 Å². The molecule has 20 heavy (non-hydrogen) atoms. The number of fused-ring (bicyclic) bond motifs is 1. The maximum absolute atomic E-state index is 6.08. The van der Waals surface area contributed by atoms with Crippen molar-refractivity contribution in [1.82, 2.24) is 0 Å². The van der Waals surface area contributed by atoms with Crippen LogP contribution in [0.25, 0.3) is 0 Å². The highest BCUT2D eigenvalue weighted by atomic mass is 35.5. The van der Waals surface area contributed by atoms with Crippen molar-refractivity contribution in [3.8, 4) is 11.5 Å². The minimum Gasteiger partial charge on any atom is -0.493 e. The molecule has 1 heterocycles. The summed E-state index contributed by atoms with van der Waals surface area (Å²) in [7, 11) is 0. The van der Waals surface area contributed by atoms with Crippen LogP contribution in [-0.4, -0.2) is 6.61 Å². The molecule has 3 rings (SSSR count). The maximum atomic E-state index is 6.08. The minimum atomic E-state index is -0.0192. The Bertz CT molecular complexity index is 615. The normalized spacial score (nSPS) is 17.8. The largest absolute Gasteiger partial charge is 0.493 e. The predicted molar refractivity (Wildman–Crippen MR) is 80.4 cm³/mol. The van der Waals surface area contributed by atoms with Gasteiger partial charge < -0.3 is 15.2 Å². The van der Waals surface area contributed by atoms with Crippen LogP contribution in [0.2, 0.25) is 5.02 Å². The molecule has 2 N–H and O–H groups in total. The van der Waals surface area contributed by atoms with E-state index in [-0.39, 0.29) is 6.10 Å². The second kappa shape index (κ2) is 5.63. The summed E-state index contributed by atoms with van der Waals surface area (Å²) in [6.45, 7) is 0.722. The monoisotopic (exact) mass is 289 g/mol. The topological polar surface area (TPSA) is 44.5 Å². The van der Waals surface area contributed by atoms with Gasteiger partial charge in [0.1, 0.15) is 17.6 Å². The van der Waals surface area contributed by atoms with Crippen molar-refractivity contribution in [3.05, 3.63) is 53.1 Å². The molecule has 0 fully saturated rings. The number of anilines is 1. The minimum absolute atomic E-state index is 0.0192. The zero-order valence-electron chi connectivity index (χ0n) is 11.0. The Balaban J connectivity index is 1.88. The molecule has 3 nitrogen and oxygen atoms in total. The molecule has 0 aliphatic carbocycles. The molecule has 104 valence electrons. The van der Waals surface area contributed by atoms with Crippen LogP contribution in [0, 0.1) is 0 Å². The van der Waals surface area contributed by atoms with Crippen LogP contribution in [0.1, 0.15) is 24.5 Å². The first-order valence-electron chi connectivity index (χ1n) is 6.67. The Morgan fingerprint density at radius 1 is 1.20 bits per heavy atom. The third kappa shape index (κ3) is 2.68. The molecule has 2 aromatic rings. The summed E-state index contributed by atoms with van der Waals surface area (Å²) < 4.78 is 11.8. The van der Waals surface area contributed by atoms with Gasteiger partial charge in [0, 0.05) is 11.6 Å². The predicted octanol–water partition coefficient (Wildman–Crippen LogP) is 4.21. The van der Waals surface area contributed by atoms with E-state index in [1.54, 1.807) is 12.1 Å². The van der Waals surface area contributed by atoms with Crippen LogP contribution in [-0.2, 0) is 0 Å². The van der Waals surface area contributed by atoms with Gasteiger partial charge in [-0.2, -0.15) is 0 Å². The van der Waals surface area contributed by atoms with Gasteiger partial charge in [-0.3, -0.25) is 0 Å². The van der Waals surface area contributed by atoms with E-state index < -0.39 is 0 Å². The number of rotatable bonds is 2. The fourth-order valence-corrected chi connectivity index (χ4v) is 2.48. The van der Waals surface area contributed by atoms with Crippen molar-refractivity contribution < 1.29 is 9.47 Å².